The molecule has 3 atom stereocenters. The van der Waals surface area contributed by atoms with E-state index in [1.54, 1.807) is 0 Å². The molecule has 0 aromatic carbocycles. The van der Waals surface area contributed by atoms with Crippen LogP contribution in [0.2, 0.25) is 0 Å². The number of rotatable bonds is 4. The highest BCUT2D eigenvalue weighted by Crippen LogP contribution is 2.61. The third-order valence-corrected chi connectivity index (χ3v) is 4.61. The molecule has 2 fully saturated rings. The van der Waals surface area contributed by atoms with Crippen molar-refractivity contribution in [2.75, 3.05) is 6.61 Å². The van der Waals surface area contributed by atoms with Gasteiger partial charge in [-0.05, 0) is 62.7 Å². The molecule has 0 aliphatic heterocycles. The second-order valence-corrected chi connectivity index (χ2v) is 5.34. The fourth-order valence-electron chi connectivity index (χ4n) is 3.85. The van der Waals surface area contributed by atoms with Crippen molar-refractivity contribution in [1.29, 1.82) is 0 Å². The summed E-state index contributed by atoms with van der Waals surface area (Å²) in [5.41, 5.74) is 1.88. The molecule has 0 heterocycles. The van der Waals surface area contributed by atoms with Crippen molar-refractivity contribution in [3.05, 3.63) is 12.2 Å². The lowest BCUT2D eigenvalue weighted by Gasteiger charge is -2.36. The van der Waals surface area contributed by atoms with E-state index in [0.29, 0.717) is 12.0 Å². The normalized spacial score (nSPS) is 40.4. The SMILES string of the molecule is C=C(C)C12CCC(CC1CCCO)C2. The van der Waals surface area contributed by atoms with Gasteiger partial charge in [-0.1, -0.05) is 12.2 Å². The maximum atomic E-state index is 8.90. The second-order valence-electron chi connectivity index (χ2n) is 5.34. The third kappa shape index (κ3) is 1.42. The van der Waals surface area contributed by atoms with Crippen LogP contribution < -0.4 is 0 Å². The Kier molecular flexibility index (Phi) is 2.70. The summed E-state index contributed by atoms with van der Waals surface area (Å²) in [6, 6.07) is 0. The van der Waals surface area contributed by atoms with Crippen LogP contribution in [0.4, 0.5) is 0 Å². The largest absolute Gasteiger partial charge is 0.396 e. The molecule has 2 saturated carbocycles. The van der Waals surface area contributed by atoms with Crippen LogP contribution in [-0.4, -0.2) is 11.7 Å². The molecule has 0 saturated heterocycles. The molecule has 14 heavy (non-hydrogen) atoms. The van der Waals surface area contributed by atoms with Crippen molar-refractivity contribution in [3.63, 3.8) is 0 Å². The molecule has 2 bridgehead atoms. The summed E-state index contributed by atoms with van der Waals surface area (Å²) in [6.07, 6.45) is 7.75. The molecular weight excluding hydrogens is 172 g/mol. The van der Waals surface area contributed by atoms with Gasteiger partial charge in [0.2, 0.25) is 0 Å². The summed E-state index contributed by atoms with van der Waals surface area (Å²) in [7, 11) is 0. The zero-order valence-corrected chi connectivity index (χ0v) is 9.26. The zero-order chi connectivity index (χ0) is 10.2. The molecule has 0 amide bonds. The van der Waals surface area contributed by atoms with Gasteiger partial charge in [0.1, 0.15) is 0 Å². The van der Waals surface area contributed by atoms with Crippen molar-refractivity contribution >= 4 is 0 Å². The smallest absolute Gasteiger partial charge is 0.0431 e. The van der Waals surface area contributed by atoms with Gasteiger partial charge in [0.05, 0.1) is 0 Å². The maximum absolute atomic E-state index is 8.90. The monoisotopic (exact) mass is 194 g/mol. The summed E-state index contributed by atoms with van der Waals surface area (Å²) in [5, 5.41) is 8.90. The van der Waals surface area contributed by atoms with Gasteiger partial charge in [-0.2, -0.15) is 0 Å². The average Bonchev–Trinajstić information content (AvgIpc) is 2.72. The van der Waals surface area contributed by atoms with E-state index in [4.69, 9.17) is 5.11 Å². The lowest BCUT2D eigenvalue weighted by atomic mass is 9.69. The van der Waals surface area contributed by atoms with Gasteiger partial charge in [-0.3, -0.25) is 0 Å². The predicted molar refractivity (Wildman–Crippen MR) is 59.0 cm³/mol. The Hall–Kier alpha value is -0.300. The summed E-state index contributed by atoms with van der Waals surface area (Å²) < 4.78 is 0. The van der Waals surface area contributed by atoms with E-state index in [9.17, 15) is 0 Å². The van der Waals surface area contributed by atoms with Gasteiger partial charge in [0, 0.05) is 6.61 Å². The van der Waals surface area contributed by atoms with Gasteiger partial charge in [-0.25, -0.2) is 0 Å². The van der Waals surface area contributed by atoms with Crippen molar-refractivity contribution in [2.45, 2.75) is 45.4 Å². The van der Waals surface area contributed by atoms with Crippen LogP contribution in [0.1, 0.15) is 45.4 Å². The lowest BCUT2D eigenvalue weighted by molar-refractivity contribution is 0.194. The van der Waals surface area contributed by atoms with Gasteiger partial charge in [0.25, 0.3) is 0 Å². The van der Waals surface area contributed by atoms with Crippen LogP contribution in [0.5, 0.6) is 0 Å². The van der Waals surface area contributed by atoms with Gasteiger partial charge in [-0.15, -0.1) is 0 Å². The van der Waals surface area contributed by atoms with E-state index in [2.05, 4.69) is 13.5 Å². The van der Waals surface area contributed by atoms with Crippen LogP contribution in [-0.2, 0) is 0 Å². The van der Waals surface area contributed by atoms with Crippen molar-refractivity contribution in [3.8, 4) is 0 Å². The van der Waals surface area contributed by atoms with Crippen LogP contribution >= 0.6 is 0 Å². The fourth-order valence-corrected chi connectivity index (χ4v) is 3.85. The molecule has 2 rings (SSSR count). The van der Waals surface area contributed by atoms with Crippen LogP contribution in [0, 0.1) is 17.3 Å². The molecular formula is C13H22O. The van der Waals surface area contributed by atoms with Crippen molar-refractivity contribution < 1.29 is 5.11 Å². The van der Waals surface area contributed by atoms with Gasteiger partial charge >= 0.3 is 0 Å². The molecule has 3 unspecified atom stereocenters. The summed E-state index contributed by atoms with van der Waals surface area (Å²) in [4.78, 5) is 0. The number of aliphatic hydroxyl groups excluding tert-OH is 1. The topological polar surface area (TPSA) is 20.2 Å². The first-order valence-corrected chi connectivity index (χ1v) is 5.96. The first kappa shape index (κ1) is 10.2. The molecule has 2 aliphatic rings. The Morgan fingerprint density at radius 2 is 2.36 bits per heavy atom. The van der Waals surface area contributed by atoms with E-state index < -0.39 is 0 Å². The minimum Gasteiger partial charge on any atom is -0.396 e. The molecule has 0 aromatic rings. The predicted octanol–water partition coefficient (Wildman–Crippen LogP) is 3.14. The maximum Gasteiger partial charge on any atom is 0.0431 e. The number of hydrogen-bond donors (Lipinski definition) is 1. The highest BCUT2D eigenvalue weighted by Gasteiger charge is 2.51. The van der Waals surface area contributed by atoms with E-state index in [1.807, 2.05) is 0 Å². The quantitative estimate of drug-likeness (QED) is 0.682. The van der Waals surface area contributed by atoms with E-state index >= 15 is 0 Å². The molecule has 0 radical (unpaired) electrons. The van der Waals surface area contributed by atoms with Crippen molar-refractivity contribution in [2.24, 2.45) is 17.3 Å². The molecule has 1 heteroatoms. The molecule has 1 nitrogen and oxygen atoms in total. The molecule has 1 N–H and O–H groups in total. The molecule has 0 aromatic heterocycles. The Morgan fingerprint density at radius 3 is 2.93 bits per heavy atom. The summed E-state index contributed by atoms with van der Waals surface area (Å²) >= 11 is 0. The number of fused-ring (bicyclic) bond motifs is 2. The number of aliphatic hydroxyl groups is 1. The summed E-state index contributed by atoms with van der Waals surface area (Å²) in [5.74, 6) is 1.79. The van der Waals surface area contributed by atoms with E-state index in [-0.39, 0.29) is 0 Å². The molecule has 80 valence electrons. The Labute approximate surface area is 87.2 Å². The fraction of sp³-hybridized carbons (Fsp3) is 0.846. The standard InChI is InChI=1S/C13H22O/c1-10(2)13-6-5-11(9-13)8-12(13)4-3-7-14/h11-12,14H,1,3-9H2,2H3. The van der Waals surface area contributed by atoms with Gasteiger partial charge < -0.3 is 5.11 Å². The first-order chi connectivity index (χ1) is 6.69. The zero-order valence-electron chi connectivity index (χ0n) is 9.26. The lowest BCUT2D eigenvalue weighted by Crippen LogP contribution is -2.26. The highest BCUT2D eigenvalue weighted by molar-refractivity contribution is 5.17. The Morgan fingerprint density at radius 1 is 1.57 bits per heavy atom. The van der Waals surface area contributed by atoms with E-state index in [0.717, 1.165) is 18.3 Å². The average molecular weight is 194 g/mol. The minimum atomic E-state index is 0.355. The number of hydrogen-bond acceptors (Lipinski definition) is 1. The highest BCUT2D eigenvalue weighted by atomic mass is 16.2. The Bertz CT molecular complexity index is 233. The van der Waals surface area contributed by atoms with Crippen molar-refractivity contribution in [1.82, 2.24) is 0 Å². The number of allylic oxidation sites excluding steroid dienone is 1. The van der Waals surface area contributed by atoms with Crippen LogP contribution in [0.25, 0.3) is 0 Å². The second kappa shape index (κ2) is 3.69. The van der Waals surface area contributed by atoms with Crippen LogP contribution in [0.3, 0.4) is 0 Å². The molecule has 2 aliphatic carbocycles. The van der Waals surface area contributed by atoms with E-state index in [1.165, 1.54) is 37.7 Å². The Balaban J connectivity index is 2.07. The van der Waals surface area contributed by atoms with Crippen LogP contribution in [0.15, 0.2) is 12.2 Å². The minimum absolute atomic E-state index is 0.355. The first-order valence-electron chi connectivity index (χ1n) is 5.96. The van der Waals surface area contributed by atoms with Gasteiger partial charge in [0.15, 0.2) is 0 Å². The third-order valence-electron chi connectivity index (χ3n) is 4.61. The summed E-state index contributed by atoms with van der Waals surface area (Å²) in [6.45, 7) is 6.77. The molecule has 0 spiro atoms.